The van der Waals surface area contributed by atoms with Crippen LogP contribution >= 0.6 is 0 Å². The zero-order valence-corrected chi connectivity index (χ0v) is 17.2. The molecule has 4 N–H and O–H groups in total. The molecule has 1 saturated heterocycles. The number of pyridine rings is 1. The molecule has 1 unspecified atom stereocenters. The van der Waals surface area contributed by atoms with Crippen LogP contribution in [0.5, 0.6) is 5.75 Å². The molecular formula is C22H33FN4O2+2. The highest BCUT2D eigenvalue weighted by atomic mass is 19.1. The average molecular weight is 405 g/mol. The lowest BCUT2D eigenvalue weighted by Crippen LogP contribution is -3.12. The number of aliphatic hydroxyl groups excluding tert-OH is 1. The van der Waals surface area contributed by atoms with Crippen LogP contribution in [-0.2, 0) is 13.0 Å². The maximum absolute atomic E-state index is 13.7. The number of ether oxygens (including phenoxy) is 1. The van der Waals surface area contributed by atoms with Gasteiger partial charge in [-0.1, -0.05) is 18.2 Å². The standard InChI is InChI=1S/C22H31FN4O2/c1-26-11-13-27(14-12-26)16-19(28)17-29-22-7-4-9-25-21(22)15-24-10-8-18-5-2-3-6-20(18)23/h2-7,9,19,24,28H,8,10-17H2,1H3/p+2. The van der Waals surface area contributed by atoms with Crippen molar-refractivity contribution in [2.75, 3.05) is 52.9 Å². The number of hydrogen-bond acceptors (Lipinski definition) is 4. The lowest BCUT2D eigenvalue weighted by Gasteiger charge is -2.31. The van der Waals surface area contributed by atoms with Gasteiger partial charge in [-0.2, -0.15) is 0 Å². The molecule has 1 aromatic heterocycles. The Kier molecular flexibility index (Phi) is 8.37. The van der Waals surface area contributed by atoms with Crippen molar-refractivity contribution in [3.63, 3.8) is 0 Å². The summed E-state index contributed by atoms with van der Waals surface area (Å²) in [5.41, 5.74) is 1.58. The first kappa shape index (κ1) is 21.6. The van der Waals surface area contributed by atoms with Crippen LogP contribution in [-0.4, -0.2) is 74.0 Å². The highest BCUT2D eigenvalue weighted by molar-refractivity contribution is 5.26. The summed E-state index contributed by atoms with van der Waals surface area (Å²) in [6.45, 7) is 6.57. The van der Waals surface area contributed by atoms with Gasteiger partial charge in [0, 0.05) is 32.3 Å². The molecule has 0 bridgehead atoms. The van der Waals surface area contributed by atoms with Crippen molar-refractivity contribution in [1.29, 1.82) is 0 Å². The molecule has 3 rings (SSSR count). The molecule has 1 atom stereocenters. The van der Waals surface area contributed by atoms with Crippen molar-refractivity contribution in [1.82, 2.24) is 9.88 Å². The quantitative estimate of drug-likeness (QED) is 0.449. The van der Waals surface area contributed by atoms with E-state index in [1.807, 2.05) is 24.3 Å². The molecule has 0 spiro atoms. The van der Waals surface area contributed by atoms with E-state index in [4.69, 9.17) is 4.74 Å². The summed E-state index contributed by atoms with van der Waals surface area (Å²) >= 11 is 0. The SMILES string of the molecule is C[NH+]1CCN(CC(O)COc2cccnc2C[NH2+]CCc2ccccc2F)CC1. The highest BCUT2D eigenvalue weighted by Gasteiger charge is 2.20. The van der Waals surface area contributed by atoms with E-state index in [-0.39, 0.29) is 12.4 Å². The minimum Gasteiger partial charge on any atom is -0.489 e. The minimum atomic E-state index is -0.522. The molecule has 2 heterocycles. The number of halogens is 1. The zero-order valence-electron chi connectivity index (χ0n) is 17.2. The van der Waals surface area contributed by atoms with E-state index in [2.05, 4.69) is 22.2 Å². The second-order valence-corrected chi connectivity index (χ2v) is 7.79. The largest absolute Gasteiger partial charge is 0.489 e. The molecule has 158 valence electrons. The number of likely N-dealkylation sites (N-methyl/N-ethyl adjacent to an activating group) is 1. The van der Waals surface area contributed by atoms with Crippen LogP contribution in [0.15, 0.2) is 42.6 Å². The number of aliphatic hydroxyl groups is 1. The van der Waals surface area contributed by atoms with Gasteiger partial charge in [-0.05, 0) is 23.8 Å². The Bertz CT molecular complexity index is 753. The summed E-state index contributed by atoms with van der Waals surface area (Å²) in [6, 6.07) is 10.6. The fraction of sp³-hybridized carbons (Fsp3) is 0.500. The highest BCUT2D eigenvalue weighted by Crippen LogP contribution is 2.14. The molecule has 2 aromatic rings. The lowest BCUT2D eigenvalue weighted by molar-refractivity contribution is -0.884. The molecule has 7 heteroatoms. The summed E-state index contributed by atoms with van der Waals surface area (Å²) in [5, 5.41) is 12.5. The summed E-state index contributed by atoms with van der Waals surface area (Å²) in [4.78, 5) is 8.25. The van der Waals surface area contributed by atoms with Gasteiger partial charge in [-0.15, -0.1) is 0 Å². The number of hydrogen-bond donors (Lipinski definition) is 3. The van der Waals surface area contributed by atoms with E-state index in [1.165, 1.54) is 6.07 Å². The normalized spacial score (nSPS) is 16.7. The van der Waals surface area contributed by atoms with Crippen LogP contribution in [0.4, 0.5) is 4.39 Å². The first-order valence-electron chi connectivity index (χ1n) is 10.5. The Morgan fingerprint density at radius 2 is 2.03 bits per heavy atom. The van der Waals surface area contributed by atoms with Gasteiger partial charge in [0.15, 0.2) is 0 Å². The number of aromatic nitrogens is 1. The summed E-state index contributed by atoms with van der Waals surface area (Å²) in [5.74, 6) is 0.551. The first-order valence-corrected chi connectivity index (χ1v) is 10.5. The molecule has 29 heavy (non-hydrogen) atoms. The van der Waals surface area contributed by atoms with Crippen LogP contribution in [0.1, 0.15) is 11.3 Å². The molecule has 1 aliphatic heterocycles. The van der Waals surface area contributed by atoms with Gasteiger partial charge < -0.3 is 20.1 Å². The van der Waals surface area contributed by atoms with Crippen molar-refractivity contribution in [2.24, 2.45) is 0 Å². The Balaban J connectivity index is 1.42. The summed E-state index contributed by atoms with van der Waals surface area (Å²) in [7, 11) is 2.20. The number of benzene rings is 1. The molecule has 6 nitrogen and oxygen atoms in total. The van der Waals surface area contributed by atoms with Gasteiger partial charge in [-0.25, -0.2) is 4.39 Å². The molecule has 1 fully saturated rings. The van der Waals surface area contributed by atoms with Crippen molar-refractivity contribution in [3.05, 3.63) is 59.7 Å². The minimum absolute atomic E-state index is 0.154. The van der Waals surface area contributed by atoms with Gasteiger partial charge in [0.05, 0.1) is 26.7 Å². The van der Waals surface area contributed by atoms with E-state index in [0.717, 1.165) is 44.0 Å². The van der Waals surface area contributed by atoms with Crippen molar-refractivity contribution < 1.29 is 24.5 Å². The molecule has 0 saturated carbocycles. The monoisotopic (exact) mass is 404 g/mol. The molecule has 0 radical (unpaired) electrons. The van der Waals surface area contributed by atoms with E-state index >= 15 is 0 Å². The van der Waals surface area contributed by atoms with Crippen LogP contribution in [0.3, 0.4) is 0 Å². The Hall–Kier alpha value is -2.06. The third-order valence-electron chi connectivity index (χ3n) is 5.37. The maximum atomic E-state index is 13.7. The fourth-order valence-corrected chi connectivity index (χ4v) is 3.56. The Morgan fingerprint density at radius 3 is 2.83 bits per heavy atom. The predicted octanol–water partition coefficient (Wildman–Crippen LogP) is -0.903. The first-order chi connectivity index (χ1) is 14.1. The maximum Gasteiger partial charge on any atom is 0.146 e. The fourth-order valence-electron chi connectivity index (χ4n) is 3.56. The van der Waals surface area contributed by atoms with E-state index in [1.54, 1.807) is 17.2 Å². The van der Waals surface area contributed by atoms with E-state index < -0.39 is 6.10 Å². The van der Waals surface area contributed by atoms with Crippen LogP contribution < -0.4 is 15.0 Å². The van der Waals surface area contributed by atoms with Crippen LogP contribution in [0, 0.1) is 5.82 Å². The van der Waals surface area contributed by atoms with Crippen molar-refractivity contribution in [2.45, 2.75) is 19.1 Å². The number of nitrogens with two attached hydrogens (primary N) is 1. The second-order valence-electron chi connectivity index (χ2n) is 7.79. The molecule has 0 amide bonds. The van der Waals surface area contributed by atoms with Gasteiger partial charge in [0.25, 0.3) is 0 Å². The van der Waals surface area contributed by atoms with Gasteiger partial charge >= 0.3 is 0 Å². The van der Waals surface area contributed by atoms with Crippen molar-refractivity contribution >= 4 is 0 Å². The van der Waals surface area contributed by atoms with Crippen molar-refractivity contribution in [3.8, 4) is 5.75 Å². The summed E-state index contributed by atoms with van der Waals surface area (Å²) < 4.78 is 19.6. The van der Waals surface area contributed by atoms with E-state index in [9.17, 15) is 9.50 Å². The summed E-state index contributed by atoms with van der Waals surface area (Å²) in [6.07, 6.45) is 1.89. The van der Waals surface area contributed by atoms with Gasteiger partial charge in [-0.3, -0.25) is 9.88 Å². The number of nitrogens with one attached hydrogen (secondary N) is 1. The van der Waals surface area contributed by atoms with Gasteiger partial charge in [0.1, 0.15) is 36.5 Å². The Morgan fingerprint density at radius 1 is 1.24 bits per heavy atom. The third kappa shape index (κ3) is 7.04. The number of quaternary nitrogens is 2. The van der Waals surface area contributed by atoms with E-state index in [0.29, 0.717) is 25.3 Å². The lowest BCUT2D eigenvalue weighted by atomic mass is 10.1. The number of nitrogens with zero attached hydrogens (tertiary/aromatic N) is 2. The zero-order chi connectivity index (χ0) is 20.5. The third-order valence-corrected chi connectivity index (χ3v) is 5.37. The molecular weight excluding hydrogens is 371 g/mol. The molecule has 1 aromatic carbocycles. The van der Waals surface area contributed by atoms with Crippen LogP contribution in [0.25, 0.3) is 0 Å². The van der Waals surface area contributed by atoms with Crippen LogP contribution in [0.2, 0.25) is 0 Å². The molecule has 0 aliphatic carbocycles. The number of β-amino-alcohol motifs (C(OH)–C–C–N with tert-alkyl or cyclic N) is 1. The topological polar surface area (TPSA) is 66.6 Å². The predicted molar refractivity (Wildman–Crippen MR) is 109 cm³/mol. The Labute approximate surface area is 172 Å². The number of piperazine rings is 1. The van der Waals surface area contributed by atoms with Gasteiger partial charge in [0.2, 0.25) is 0 Å². The molecule has 1 aliphatic rings. The smallest absolute Gasteiger partial charge is 0.146 e. The average Bonchev–Trinajstić information content (AvgIpc) is 2.73. The number of rotatable bonds is 10. The second kappa shape index (κ2) is 11.2.